The molecule has 0 fully saturated rings. The van der Waals surface area contributed by atoms with Crippen LogP contribution in [0.3, 0.4) is 0 Å². The number of ether oxygens (including phenoxy) is 2. The Kier molecular flexibility index (Phi) is 4.26. The fourth-order valence-corrected chi connectivity index (χ4v) is 1.69. The molecule has 2 rings (SSSR count). The molecule has 1 heterocycles. The number of hydrogen-bond acceptors (Lipinski definition) is 5. The lowest BCUT2D eigenvalue weighted by Gasteiger charge is -2.14. The predicted molar refractivity (Wildman–Crippen MR) is 67.8 cm³/mol. The van der Waals surface area contributed by atoms with Gasteiger partial charge in [0.2, 0.25) is 6.79 Å². The topological polar surface area (TPSA) is 117 Å². The van der Waals surface area contributed by atoms with Crippen LogP contribution in [0.2, 0.25) is 0 Å². The first-order valence-electron chi connectivity index (χ1n) is 5.91. The van der Waals surface area contributed by atoms with Crippen molar-refractivity contribution in [3.8, 4) is 11.5 Å². The molecule has 0 aliphatic carbocycles. The number of fused-ring (bicyclic) bond motifs is 1. The van der Waals surface area contributed by atoms with E-state index in [1.165, 1.54) is 0 Å². The molecule has 1 aromatic rings. The van der Waals surface area contributed by atoms with Gasteiger partial charge in [-0.1, -0.05) is 0 Å². The third kappa shape index (κ3) is 3.29. The number of aliphatic carboxylic acids is 1. The Balaban J connectivity index is 1.95. The molecule has 1 aliphatic heterocycles. The van der Waals surface area contributed by atoms with Crippen molar-refractivity contribution < 1.29 is 29.3 Å². The van der Waals surface area contributed by atoms with E-state index in [1.54, 1.807) is 18.2 Å². The van der Waals surface area contributed by atoms with E-state index in [0.29, 0.717) is 17.2 Å². The molecule has 0 aromatic heterocycles. The average Bonchev–Trinajstić information content (AvgIpc) is 2.85. The van der Waals surface area contributed by atoms with Gasteiger partial charge < -0.3 is 30.3 Å². The van der Waals surface area contributed by atoms with Crippen molar-refractivity contribution in [2.24, 2.45) is 0 Å². The number of urea groups is 1. The van der Waals surface area contributed by atoms with Gasteiger partial charge in [0.15, 0.2) is 11.5 Å². The highest BCUT2D eigenvalue weighted by Crippen LogP contribution is 2.34. The molecule has 0 radical (unpaired) electrons. The Morgan fingerprint density at radius 1 is 1.30 bits per heavy atom. The van der Waals surface area contributed by atoms with Crippen molar-refractivity contribution in [3.05, 3.63) is 18.2 Å². The Hall–Kier alpha value is -2.48. The number of rotatable bonds is 5. The number of aliphatic hydroxyl groups excluding tert-OH is 1. The van der Waals surface area contributed by atoms with Crippen molar-refractivity contribution in [1.29, 1.82) is 0 Å². The van der Waals surface area contributed by atoms with Crippen LogP contribution >= 0.6 is 0 Å². The van der Waals surface area contributed by atoms with E-state index >= 15 is 0 Å². The van der Waals surface area contributed by atoms with E-state index in [1.807, 2.05) is 0 Å². The predicted octanol–water partition coefficient (Wildman–Crippen LogP) is 0.372. The summed E-state index contributed by atoms with van der Waals surface area (Å²) in [4.78, 5) is 22.5. The molecule has 1 aromatic carbocycles. The number of hydrogen-bond donors (Lipinski definition) is 4. The van der Waals surface area contributed by atoms with Gasteiger partial charge in [0.25, 0.3) is 0 Å². The van der Waals surface area contributed by atoms with E-state index in [0.717, 1.165) is 0 Å². The average molecular weight is 282 g/mol. The number of carbonyl (C=O) groups excluding carboxylic acids is 1. The Labute approximate surface area is 114 Å². The highest BCUT2D eigenvalue weighted by Gasteiger charge is 2.20. The number of amides is 2. The first kappa shape index (κ1) is 13.9. The summed E-state index contributed by atoms with van der Waals surface area (Å²) in [6.45, 7) is -0.205. The smallest absolute Gasteiger partial charge is 0.326 e. The molecule has 0 spiro atoms. The Bertz CT molecular complexity index is 519. The molecule has 20 heavy (non-hydrogen) atoms. The number of carboxylic acid groups (broad SMARTS) is 1. The van der Waals surface area contributed by atoms with Crippen LogP contribution < -0.4 is 20.1 Å². The second-order valence-corrected chi connectivity index (χ2v) is 4.07. The van der Waals surface area contributed by atoms with Gasteiger partial charge in [0.05, 0.1) is 0 Å². The number of nitrogens with one attached hydrogen (secondary N) is 2. The summed E-state index contributed by atoms with van der Waals surface area (Å²) in [5, 5.41) is 22.3. The molecule has 1 atom stereocenters. The van der Waals surface area contributed by atoms with Gasteiger partial charge in [-0.25, -0.2) is 9.59 Å². The molecule has 4 N–H and O–H groups in total. The number of carbonyl (C=O) groups is 2. The summed E-state index contributed by atoms with van der Waals surface area (Å²) in [6, 6.07) is 3.00. The molecule has 8 nitrogen and oxygen atoms in total. The van der Waals surface area contributed by atoms with Gasteiger partial charge in [-0.3, -0.25) is 0 Å². The van der Waals surface area contributed by atoms with E-state index in [9.17, 15) is 9.59 Å². The standard InChI is InChI=1S/C12H14N2O6/c15-4-3-8(11(16)17)14-12(18)13-7-1-2-9-10(5-7)20-6-19-9/h1-2,5,8,15H,3-4,6H2,(H,16,17)(H2,13,14,18)/t8-/m1/s1. The van der Waals surface area contributed by atoms with Gasteiger partial charge >= 0.3 is 12.0 Å². The maximum Gasteiger partial charge on any atom is 0.326 e. The van der Waals surface area contributed by atoms with Gasteiger partial charge in [0, 0.05) is 24.8 Å². The zero-order valence-corrected chi connectivity index (χ0v) is 10.5. The van der Waals surface area contributed by atoms with E-state index < -0.39 is 18.0 Å². The second-order valence-electron chi connectivity index (χ2n) is 4.07. The highest BCUT2D eigenvalue weighted by atomic mass is 16.7. The molecular weight excluding hydrogens is 268 g/mol. The summed E-state index contributed by atoms with van der Waals surface area (Å²) in [5.74, 6) is -0.118. The molecule has 0 unspecified atom stereocenters. The summed E-state index contributed by atoms with van der Waals surface area (Å²) in [6.07, 6.45) is -0.0656. The van der Waals surface area contributed by atoms with Crippen LogP contribution in [0, 0.1) is 0 Å². The zero-order chi connectivity index (χ0) is 14.5. The first-order chi connectivity index (χ1) is 9.60. The highest BCUT2D eigenvalue weighted by molar-refractivity contribution is 5.92. The van der Waals surface area contributed by atoms with Gasteiger partial charge in [-0.2, -0.15) is 0 Å². The van der Waals surface area contributed by atoms with Crippen LogP contribution in [0.5, 0.6) is 11.5 Å². The second kappa shape index (κ2) is 6.11. The fourth-order valence-electron chi connectivity index (χ4n) is 1.69. The number of anilines is 1. The van der Waals surface area contributed by atoms with Crippen LogP contribution in [-0.2, 0) is 4.79 Å². The maximum atomic E-state index is 11.7. The normalized spacial score (nSPS) is 13.7. The van der Waals surface area contributed by atoms with Crippen LogP contribution in [-0.4, -0.2) is 41.7 Å². The first-order valence-corrected chi connectivity index (χ1v) is 5.91. The number of carboxylic acids is 1. The molecule has 0 bridgehead atoms. The van der Waals surface area contributed by atoms with Gasteiger partial charge in [0.1, 0.15) is 6.04 Å². The maximum absolute atomic E-state index is 11.7. The molecule has 8 heteroatoms. The molecule has 108 valence electrons. The lowest BCUT2D eigenvalue weighted by molar-refractivity contribution is -0.139. The van der Waals surface area contributed by atoms with E-state index in [2.05, 4.69) is 10.6 Å². The molecule has 1 aliphatic rings. The summed E-state index contributed by atoms with van der Waals surface area (Å²) >= 11 is 0. The van der Waals surface area contributed by atoms with E-state index in [4.69, 9.17) is 19.7 Å². The quantitative estimate of drug-likeness (QED) is 0.620. The number of benzene rings is 1. The molecule has 2 amide bonds. The van der Waals surface area contributed by atoms with Crippen LogP contribution in [0.25, 0.3) is 0 Å². The minimum atomic E-state index is -1.21. The monoisotopic (exact) mass is 282 g/mol. The summed E-state index contributed by atoms with van der Waals surface area (Å²) < 4.78 is 10.3. The van der Waals surface area contributed by atoms with Crippen LogP contribution in [0.4, 0.5) is 10.5 Å². The van der Waals surface area contributed by atoms with Crippen molar-refractivity contribution in [2.45, 2.75) is 12.5 Å². The Morgan fingerprint density at radius 3 is 2.75 bits per heavy atom. The molecular formula is C12H14N2O6. The summed E-state index contributed by atoms with van der Waals surface area (Å²) in [7, 11) is 0. The van der Waals surface area contributed by atoms with Crippen molar-refractivity contribution in [3.63, 3.8) is 0 Å². The van der Waals surface area contributed by atoms with Crippen LogP contribution in [0.15, 0.2) is 18.2 Å². The lowest BCUT2D eigenvalue weighted by Crippen LogP contribution is -2.43. The van der Waals surface area contributed by atoms with Crippen molar-refractivity contribution >= 4 is 17.7 Å². The Morgan fingerprint density at radius 2 is 2.05 bits per heavy atom. The largest absolute Gasteiger partial charge is 0.480 e. The SMILES string of the molecule is O=C(Nc1ccc2c(c1)OCO2)N[C@H](CCO)C(=O)O. The lowest BCUT2D eigenvalue weighted by atomic mass is 10.2. The van der Waals surface area contributed by atoms with Crippen molar-refractivity contribution in [2.75, 3.05) is 18.7 Å². The van der Waals surface area contributed by atoms with Crippen molar-refractivity contribution in [1.82, 2.24) is 5.32 Å². The van der Waals surface area contributed by atoms with Gasteiger partial charge in [-0.15, -0.1) is 0 Å². The zero-order valence-electron chi connectivity index (χ0n) is 10.5. The minimum Gasteiger partial charge on any atom is -0.480 e. The van der Waals surface area contributed by atoms with Gasteiger partial charge in [-0.05, 0) is 12.1 Å². The summed E-state index contributed by atoms with van der Waals surface area (Å²) in [5.41, 5.74) is 0.444. The fraction of sp³-hybridized carbons (Fsp3) is 0.333. The van der Waals surface area contributed by atoms with E-state index in [-0.39, 0.29) is 19.8 Å². The minimum absolute atomic E-state index is 0.0656. The molecule has 0 saturated heterocycles. The number of aliphatic hydroxyl groups is 1. The third-order valence-electron chi connectivity index (χ3n) is 2.65. The van der Waals surface area contributed by atoms with Crippen LogP contribution in [0.1, 0.15) is 6.42 Å². The third-order valence-corrected chi connectivity index (χ3v) is 2.65. The molecule has 0 saturated carbocycles.